The summed E-state index contributed by atoms with van der Waals surface area (Å²) in [6.07, 6.45) is 3.62. The van der Waals surface area contributed by atoms with E-state index in [1.807, 2.05) is 6.07 Å². The highest BCUT2D eigenvalue weighted by Crippen LogP contribution is 2.23. The van der Waals surface area contributed by atoms with E-state index in [1.54, 1.807) is 6.92 Å². The molecule has 106 valence electrons. The predicted octanol–water partition coefficient (Wildman–Crippen LogP) is 4.21. The second-order valence-electron chi connectivity index (χ2n) is 5.49. The third-order valence-electron chi connectivity index (χ3n) is 3.81. The first-order chi connectivity index (χ1) is 10.2. The van der Waals surface area contributed by atoms with Gasteiger partial charge in [-0.25, -0.2) is 0 Å². The van der Waals surface area contributed by atoms with Gasteiger partial charge < -0.3 is 9.36 Å². The van der Waals surface area contributed by atoms with Gasteiger partial charge in [0.05, 0.1) is 0 Å². The molecule has 0 bridgehead atoms. The Kier molecular flexibility index (Phi) is 3.87. The van der Waals surface area contributed by atoms with E-state index in [2.05, 4.69) is 59.3 Å². The van der Waals surface area contributed by atoms with E-state index < -0.39 is 0 Å². The Morgan fingerprint density at radius 2 is 1.71 bits per heavy atom. The number of carbonyl (C=O) groups is 1. The number of ketones is 1. The molecule has 0 unspecified atom stereocenters. The molecule has 2 aromatic carbocycles. The summed E-state index contributed by atoms with van der Waals surface area (Å²) in [5, 5.41) is 1.26. The third-order valence-corrected chi connectivity index (χ3v) is 3.81. The van der Waals surface area contributed by atoms with Gasteiger partial charge in [0.15, 0.2) is 0 Å². The lowest BCUT2D eigenvalue weighted by Gasteiger charge is -2.05. The number of carbonyl (C=O) groups excluding carboxylic acids is 1. The summed E-state index contributed by atoms with van der Waals surface area (Å²) < 4.78 is 2.28. The van der Waals surface area contributed by atoms with E-state index in [9.17, 15) is 4.79 Å². The van der Waals surface area contributed by atoms with Crippen molar-refractivity contribution >= 4 is 16.7 Å². The number of aromatic nitrogens is 1. The van der Waals surface area contributed by atoms with Crippen molar-refractivity contribution in [3.63, 3.8) is 0 Å². The summed E-state index contributed by atoms with van der Waals surface area (Å²) in [5.74, 6) is 0.245. The number of nitrogens with zero attached hydrogens (tertiary/aromatic N) is 1. The normalized spacial score (nSPS) is 10.9. The first-order valence-corrected chi connectivity index (χ1v) is 7.34. The third kappa shape index (κ3) is 3.05. The van der Waals surface area contributed by atoms with Crippen molar-refractivity contribution in [2.75, 3.05) is 0 Å². The average Bonchev–Trinajstić information content (AvgIpc) is 2.85. The lowest BCUT2D eigenvalue weighted by atomic mass is 10.1. The molecule has 1 aromatic heterocycles. The van der Waals surface area contributed by atoms with Crippen LogP contribution in [0, 0.1) is 0 Å². The highest BCUT2D eigenvalue weighted by Gasteiger charge is 2.09. The Labute approximate surface area is 125 Å². The Bertz CT molecular complexity index is 756. The molecule has 3 aromatic rings. The van der Waals surface area contributed by atoms with Crippen LogP contribution in [0.4, 0.5) is 0 Å². The molecule has 0 radical (unpaired) electrons. The topological polar surface area (TPSA) is 22.0 Å². The number of fused-ring (bicyclic) bond motifs is 1. The van der Waals surface area contributed by atoms with Crippen LogP contribution < -0.4 is 0 Å². The minimum absolute atomic E-state index is 0.245. The summed E-state index contributed by atoms with van der Waals surface area (Å²) >= 11 is 0. The molecule has 0 saturated carbocycles. The predicted molar refractivity (Wildman–Crippen MR) is 86.5 cm³/mol. The number of para-hydroxylation sites is 1. The van der Waals surface area contributed by atoms with Crippen molar-refractivity contribution in [3.05, 3.63) is 71.9 Å². The molecule has 0 amide bonds. The lowest BCUT2D eigenvalue weighted by Crippen LogP contribution is -1.97. The van der Waals surface area contributed by atoms with E-state index in [0.717, 1.165) is 13.0 Å². The van der Waals surface area contributed by atoms with E-state index in [4.69, 9.17) is 0 Å². The zero-order valence-electron chi connectivity index (χ0n) is 12.3. The fourth-order valence-corrected chi connectivity index (χ4v) is 2.74. The number of Topliss-reactive ketones (excluding diaryl/α,β-unsaturated/α-hetero) is 1. The van der Waals surface area contributed by atoms with Crippen LogP contribution in [0.15, 0.2) is 60.8 Å². The molecule has 0 saturated heterocycles. The number of aryl methyl sites for hydroxylation is 1. The molecule has 1 heterocycles. The SMILES string of the molecule is CC(=O)CCc1cn(Cc2ccccc2)c2ccccc12. The van der Waals surface area contributed by atoms with Gasteiger partial charge in [-0.1, -0.05) is 48.5 Å². The smallest absolute Gasteiger partial charge is 0.130 e. The maximum atomic E-state index is 11.2. The summed E-state index contributed by atoms with van der Waals surface area (Å²) in [6, 6.07) is 18.9. The van der Waals surface area contributed by atoms with Crippen LogP contribution >= 0.6 is 0 Å². The molecule has 0 spiro atoms. The number of hydrogen-bond donors (Lipinski definition) is 0. The molecule has 21 heavy (non-hydrogen) atoms. The molecule has 0 aliphatic rings. The summed E-state index contributed by atoms with van der Waals surface area (Å²) in [5.41, 5.74) is 3.79. The van der Waals surface area contributed by atoms with Crippen LogP contribution in [0.2, 0.25) is 0 Å². The van der Waals surface area contributed by atoms with Crippen molar-refractivity contribution in [1.29, 1.82) is 0 Å². The molecule has 0 fully saturated rings. The number of hydrogen-bond acceptors (Lipinski definition) is 1. The van der Waals surface area contributed by atoms with Gasteiger partial charge in [-0.05, 0) is 30.5 Å². The summed E-state index contributed by atoms with van der Waals surface area (Å²) in [6.45, 7) is 2.52. The second kappa shape index (κ2) is 5.96. The molecule has 0 aliphatic heterocycles. The zero-order valence-corrected chi connectivity index (χ0v) is 12.3. The molecular formula is C19H19NO. The van der Waals surface area contributed by atoms with E-state index in [1.165, 1.54) is 22.0 Å². The van der Waals surface area contributed by atoms with Crippen molar-refractivity contribution in [2.45, 2.75) is 26.3 Å². The van der Waals surface area contributed by atoms with Crippen LogP contribution in [0.1, 0.15) is 24.5 Å². The fourth-order valence-electron chi connectivity index (χ4n) is 2.74. The van der Waals surface area contributed by atoms with Gasteiger partial charge in [0, 0.05) is 30.1 Å². The van der Waals surface area contributed by atoms with Gasteiger partial charge in [-0.2, -0.15) is 0 Å². The summed E-state index contributed by atoms with van der Waals surface area (Å²) in [4.78, 5) is 11.2. The molecular weight excluding hydrogens is 258 g/mol. The van der Waals surface area contributed by atoms with Gasteiger partial charge in [0.25, 0.3) is 0 Å². The molecule has 0 N–H and O–H groups in total. The fraction of sp³-hybridized carbons (Fsp3) is 0.211. The van der Waals surface area contributed by atoms with Gasteiger partial charge in [0.1, 0.15) is 5.78 Å². The van der Waals surface area contributed by atoms with Gasteiger partial charge in [-0.15, -0.1) is 0 Å². The Hall–Kier alpha value is -2.35. The van der Waals surface area contributed by atoms with Crippen LogP contribution in [0.5, 0.6) is 0 Å². The van der Waals surface area contributed by atoms with Crippen LogP contribution in [-0.4, -0.2) is 10.4 Å². The first kappa shape index (κ1) is 13.6. The Morgan fingerprint density at radius 3 is 2.48 bits per heavy atom. The molecule has 0 aliphatic carbocycles. The van der Waals surface area contributed by atoms with Gasteiger partial charge in [-0.3, -0.25) is 0 Å². The second-order valence-corrected chi connectivity index (χ2v) is 5.49. The molecule has 2 heteroatoms. The molecule has 3 rings (SSSR count). The largest absolute Gasteiger partial charge is 0.343 e. The van der Waals surface area contributed by atoms with E-state index in [-0.39, 0.29) is 5.78 Å². The number of benzene rings is 2. The van der Waals surface area contributed by atoms with Crippen LogP contribution in [0.25, 0.3) is 10.9 Å². The zero-order chi connectivity index (χ0) is 14.7. The van der Waals surface area contributed by atoms with Gasteiger partial charge >= 0.3 is 0 Å². The maximum absolute atomic E-state index is 11.2. The Balaban J connectivity index is 1.96. The summed E-state index contributed by atoms with van der Waals surface area (Å²) in [7, 11) is 0. The monoisotopic (exact) mass is 277 g/mol. The van der Waals surface area contributed by atoms with Crippen LogP contribution in [-0.2, 0) is 17.8 Å². The van der Waals surface area contributed by atoms with E-state index in [0.29, 0.717) is 6.42 Å². The highest BCUT2D eigenvalue weighted by atomic mass is 16.1. The quantitative estimate of drug-likeness (QED) is 0.684. The first-order valence-electron chi connectivity index (χ1n) is 7.34. The van der Waals surface area contributed by atoms with E-state index >= 15 is 0 Å². The molecule has 2 nitrogen and oxygen atoms in total. The van der Waals surface area contributed by atoms with Crippen molar-refractivity contribution in [2.24, 2.45) is 0 Å². The highest BCUT2D eigenvalue weighted by molar-refractivity contribution is 5.85. The van der Waals surface area contributed by atoms with Crippen LogP contribution in [0.3, 0.4) is 0 Å². The van der Waals surface area contributed by atoms with Crippen molar-refractivity contribution in [1.82, 2.24) is 4.57 Å². The van der Waals surface area contributed by atoms with Crippen molar-refractivity contribution < 1.29 is 4.79 Å². The number of rotatable bonds is 5. The minimum atomic E-state index is 0.245. The minimum Gasteiger partial charge on any atom is -0.343 e. The maximum Gasteiger partial charge on any atom is 0.130 e. The standard InChI is InChI=1S/C19H19NO/c1-15(21)11-12-17-14-20(13-16-7-3-2-4-8-16)19-10-6-5-9-18(17)19/h2-10,14H,11-13H2,1H3. The van der Waals surface area contributed by atoms with Crippen molar-refractivity contribution in [3.8, 4) is 0 Å². The average molecular weight is 277 g/mol. The van der Waals surface area contributed by atoms with Gasteiger partial charge in [0.2, 0.25) is 0 Å². The Morgan fingerprint density at radius 1 is 1.00 bits per heavy atom. The molecule has 0 atom stereocenters. The lowest BCUT2D eigenvalue weighted by molar-refractivity contribution is -0.116.